The van der Waals surface area contributed by atoms with Crippen LogP contribution in [0.4, 0.5) is 17.6 Å². The lowest BCUT2D eigenvalue weighted by Crippen LogP contribution is -2.58. The molecule has 1 aliphatic heterocycles. The molecule has 2 amide bonds. The van der Waals surface area contributed by atoms with Crippen molar-refractivity contribution >= 4 is 11.8 Å². The van der Waals surface area contributed by atoms with E-state index in [0.29, 0.717) is 17.5 Å². The molecule has 1 aliphatic rings. The third kappa shape index (κ3) is 5.36. The first-order valence-electron chi connectivity index (χ1n) is 11.0. The molecule has 35 heavy (non-hydrogen) atoms. The molecule has 6 nitrogen and oxygen atoms in total. The summed E-state index contributed by atoms with van der Waals surface area (Å²) in [6.45, 7) is 3.88. The van der Waals surface area contributed by atoms with Crippen molar-refractivity contribution in [3.05, 3.63) is 77.2 Å². The van der Waals surface area contributed by atoms with Gasteiger partial charge in [0.25, 0.3) is 5.91 Å². The van der Waals surface area contributed by atoms with Gasteiger partial charge in [-0.3, -0.25) is 9.59 Å². The number of carbonyl (C=O) groups excluding carboxylic acids is 2. The molecule has 2 aromatic carbocycles. The highest BCUT2D eigenvalue weighted by Crippen LogP contribution is 2.32. The van der Waals surface area contributed by atoms with Crippen molar-refractivity contribution in [2.75, 3.05) is 6.54 Å². The minimum Gasteiger partial charge on any atom is -0.355 e. The van der Waals surface area contributed by atoms with Crippen molar-refractivity contribution in [2.45, 2.75) is 38.5 Å². The van der Waals surface area contributed by atoms with Crippen molar-refractivity contribution < 1.29 is 31.7 Å². The first kappa shape index (κ1) is 24.4. The number of hydrogen-bond acceptors (Lipinski definition) is 4. The van der Waals surface area contributed by atoms with Crippen molar-refractivity contribution in [1.82, 2.24) is 15.4 Å². The maximum absolute atomic E-state index is 13.4. The summed E-state index contributed by atoms with van der Waals surface area (Å²) in [4.78, 5) is 27.8. The van der Waals surface area contributed by atoms with Crippen LogP contribution in [0.1, 0.15) is 47.9 Å². The molecule has 0 aliphatic carbocycles. The van der Waals surface area contributed by atoms with E-state index in [-0.39, 0.29) is 23.9 Å². The number of aromatic nitrogens is 1. The third-order valence-corrected chi connectivity index (χ3v) is 5.83. The molecule has 4 rings (SSSR count). The standard InChI is InChI=1S/C25H23F4N3O3/c1-14(2)11-21-23(33)30-20(15-3-7-17(8-4-15)25(27,28)29)13-32(21)24(34)19-12-22(35-31-19)16-5-9-18(26)10-6-16/h3-10,12,14,20-21H,11,13H2,1-2H3,(H,30,33)/t20-,21+/m1/s1. The number of carbonyl (C=O) groups is 2. The Morgan fingerprint density at radius 3 is 2.40 bits per heavy atom. The van der Waals surface area contributed by atoms with Crippen LogP contribution in [0.2, 0.25) is 0 Å². The van der Waals surface area contributed by atoms with Gasteiger partial charge >= 0.3 is 6.18 Å². The maximum atomic E-state index is 13.4. The van der Waals surface area contributed by atoms with Gasteiger partial charge in [-0.1, -0.05) is 31.1 Å². The number of amides is 2. The highest BCUT2D eigenvalue weighted by Gasteiger charge is 2.39. The summed E-state index contributed by atoms with van der Waals surface area (Å²) in [5.41, 5.74) is 0.138. The van der Waals surface area contributed by atoms with E-state index in [2.05, 4.69) is 10.5 Å². The molecule has 0 radical (unpaired) electrons. The number of nitrogens with zero attached hydrogens (tertiary/aromatic N) is 2. The lowest BCUT2D eigenvalue weighted by molar-refractivity contribution is -0.137. The Morgan fingerprint density at radius 1 is 1.14 bits per heavy atom. The van der Waals surface area contributed by atoms with Crippen molar-refractivity contribution in [1.29, 1.82) is 0 Å². The van der Waals surface area contributed by atoms with Gasteiger partial charge in [-0.25, -0.2) is 4.39 Å². The van der Waals surface area contributed by atoms with E-state index in [9.17, 15) is 27.2 Å². The zero-order chi connectivity index (χ0) is 25.3. The van der Waals surface area contributed by atoms with Crippen molar-refractivity contribution in [3.8, 4) is 11.3 Å². The zero-order valence-electron chi connectivity index (χ0n) is 19.0. The molecular weight excluding hydrogens is 466 g/mol. The van der Waals surface area contributed by atoms with E-state index < -0.39 is 41.5 Å². The minimum absolute atomic E-state index is 0.0287. The first-order valence-corrected chi connectivity index (χ1v) is 11.0. The Morgan fingerprint density at radius 2 is 1.80 bits per heavy atom. The van der Waals surface area contributed by atoms with Crippen molar-refractivity contribution in [2.24, 2.45) is 5.92 Å². The Labute approximate surface area is 198 Å². The SMILES string of the molecule is CC(C)C[C@H]1C(=O)N[C@@H](c2ccc(C(F)(F)F)cc2)CN1C(=O)c1cc(-c2ccc(F)cc2)on1. The van der Waals surface area contributed by atoms with Gasteiger partial charge in [0.1, 0.15) is 11.9 Å². The summed E-state index contributed by atoms with van der Waals surface area (Å²) in [5.74, 6) is -1.01. The van der Waals surface area contributed by atoms with Gasteiger partial charge in [-0.15, -0.1) is 0 Å². The number of rotatable bonds is 5. The quantitative estimate of drug-likeness (QED) is 0.498. The summed E-state index contributed by atoms with van der Waals surface area (Å²) in [7, 11) is 0. The second-order valence-corrected chi connectivity index (χ2v) is 8.87. The summed E-state index contributed by atoms with van der Waals surface area (Å²) < 4.78 is 57.3. The lowest BCUT2D eigenvalue weighted by atomic mass is 9.95. The average molecular weight is 489 g/mol. The van der Waals surface area contributed by atoms with Crippen LogP contribution >= 0.6 is 0 Å². The maximum Gasteiger partial charge on any atom is 0.416 e. The van der Waals surface area contributed by atoms with Gasteiger partial charge in [-0.05, 0) is 54.3 Å². The third-order valence-electron chi connectivity index (χ3n) is 5.83. The molecule has 0 spiro atoms. The number of nitrogens with one attached hydrogen (secondary N) is 1. The van der Waals surface area contributed by atoms with Gasteiger partial charge in [-0.2, -0.15) is 13.2 Å². The number of hydrogen-bond donors (Lipinski definition) is 1. The second kappa shape index (κ2) is 9.52. The number of piperazine rings is 1. The molecule has 2 heterocycles. The second-order valence-electron chi connectivity index (χ2n) is 8.87. The summed E-state index contributed by atoms with van der Waals surface area (Å²) >= 11 is 0. The molecule has 1 aromatic heterocycles. The first-order chi connectivity index (χ1) is 16.5. The monoisotopic (exact) mass is 489 g/mol. The van der Waals surface area contributed by atoms with E-state index in [1.807, 2.05) is 13.8 Å². The Kier molecular flexibility index (Phi) is 6.64. The molecule has 0 bridgehead atoms. The van der Waals surface area contributed by atoms with Crippen LogP contribution in [-0.4, -0.2) is 34.5 Å². The zero-order valence-corrected chi connectivity index (χ0v) is 19.0. The predicted molar refractivity (Wildman–Crippen MR) is 119 cm³/mol. The van der Waals surface area contributed by atoms with E-state index in [4.69, 9.17) is 4.52 Å². The number of halogens is 4. The largest absolute Gasteiger partial charge is 0.416 e. The average Bonchev–Trinajstić information content (AvgIpc) is 3.30. The summed E-state index contributed by atoms with van der Waals surface area (Å²) in [6.07, 6.45) is -4.09. The number of benzene rings is 2. The fraction of sp³-hybridized carbons (Fsp3) is 0.320. The van der Waals surface area contributed by atoms with E-state index in [1.165, 1.54) is 47.4 Å². The summed E-state index contributed by atoms with van der Waals surface area (Å²) in [6, 6.07) is 9.90. The molecule has 184 valence electrons. The molecule has 10 heteroatoms. The van der Waals surface area contributed by atoms with E-state index in [1.54, 1.807) is 0 Å². The molecule has 1 saturated heterocycles. The molecular formula is C25H23F4N3O3. The van der Waals surface area contributed by atoms with Crippen LogP contribution in [0.15, 0.2) is 59.1 Å². The van der Waals surface area contributed by atoms with E-state index in [0.717, 1.165) is 12.1 Å². The highest BCUT2D eigenvalue weighted by atomic mass is 19.4. The van der Waals surface area contributed by atoms with Crippen LogP contribution in [0.3, 0.4) is 0 Å². The van der Waals surface area contributed by atoms with E-state index >= 15 is 0 Å². The molecule has 3 aromatic rings. The highest BCUT2D eigenvalue weighted by molar-refractivity contribution is 5.97. The van der Waals surface area contributed by atoms with Gasteiger partial charge in [0.2, 0.25) is 5.91 Å². The molecule has 1 fully saturated rings. The number of alkyl halides is 3. The minimum atomic E-state index is -4.48. The lowest BCUT2D eigenvalue weighted by Gasteiger charge is -2.40. The van der Waals surface area contributed by atoms with Gasteiger partial charge < -0.3 is 14.7 Å². The predicted octanol–water partition coefficient (Wildman–Crippen LogP) is 5.23. The Hall–Kier alpha value is -3.69. The van der Waals surface area contributed by atoms with Crippen LogP contribution in [-0.2, 0) is 11.0 Å². The fourth-order valence-corrected chi connectivity index (χ4v) is 4.05. The van der Waals surface area contributed by atoms with Crippen molar-refractivity contribution in [3.63, 3.8) is 0 Å². The molecule has 0 unspecified atom stereocenters. The van der Waals surface area contributed by atoms with Crippen LogP contribution < -0.4 is 5.32 Å². The Balaban J connectivity index is 1.61. The smallest absolute Gasteiger partial charge is 0.355 e. The normalized spacial score (nSPS) is 18.6. The molecule has 0 saturated carbocycles. The summed E-state index contributed by atoms with van der Waals surface area (Å²) in [5, 5.41) is 6.67. The molecule has 1 N–H and O–H groups in total. The van der Waals surface area contributed by atoms with Gasteiger partial charge in [0.05, 0.1) is 11.6 Å². The van der Waals surface area contributed by atoms with Crippen LogP contribution in [0, 0.1) is 11.7 Å². The Bertz CT molecular complexity index is 1200. The van der Waals surface area contributed by atoms with Crippen LogP contribution in [0.5, 0.6) is 0 Å². The van der Waals surface area contributed by atoms with Crippen LogP contribution in [0.25, 0.3) is 11.3 Å². The van der Waals surface area contributed by atoms with Gasteiger partial charge in [0.15, 0.2) is 11.5 Å². The van der Waals surface area contributed by atoms with Gasteiger partial charge in [0, 0.05) is 18.2 Å². The molecule has 2 atom stereocenters. The fourth-order valence-electron chi connectivity index (χ4n) is 4.05. The topological polar surface area (TPSA) is 75.4 Å².